The van der Waals surface area contributed by atoms with E-state index in [1.807, 2.05) is 19.1 Å². The summed E-state index contributed by atoms with van der Waals surface area (Å²) >= 11 is 11.9. The van der Waals surface area contributed by atoms with Gasteiger partial charge in [0, 0.05) is 22.6 Å². The lowest BCUT2D eigenvalue weighted by Gasteiger charge is -2.08. The molecule has 1 atom stereocenters. The van der Waals surface area contributed by atoms with Crippen molar-refractivity contribution in [1.29, 1.82) is 0 Å². The Morgan fingerprint density at radius 1 is 1.38 bits per heavy atom. The fourth-order valence-corrected chi connectivity index (χ4v) is 1.91. The van der Waals surface area contributed by atoms with Gasteiger partial charge in [0.05, 0.1) is 0 Å². The number of rotatable bonds is 6. The van der Waals surface area contributed by atoms with E-state index in [0.717, 1.165) is 31.5 Å². The summed E-state index contributed by atoms with van der Waals surface area (Å²) in [5.41, 5.74) is 6.74. The van der Waals surface area contributed by atoms with Gasteiger partial charge in [0.15, 0.2) is 0 Å². The van der Waals surface area contributed by atoms with Crippen molar-refractivity contribution in [2.24, 2.45) is 5.73 Å². The molecule has 0 heterocycles. The number of hydrogen-bond acceptors (Lipinski definition) is 2. The normalized spacial score (nSPS) is 12.8. The molecule has 0 fully saturated rings. The molecule has 3 N–H and O–H groups in total. The van der Waals surface area contributed by atoms with Crippen LogP contribution in [0.1, 0.15) is 25.3 Å². The van der Waals surface area contributed by atoms with Gasteiger partial charge < -0.3 is 11.1 Å². The molecule has 2 nitrogen and oxygen atoms in total. The van der Waals surface area contributed by atoms with E-state index in [1.165, 1.54) is 0 Å². The summed E-state index contributed by atoms with van der Waals surface area (Å²) in [6, 6.07) is 5.85. The third-order valence-corrected chi connectivity index (χ3v) is 2.93. The van der Waals surface area contributed by atoms with Crippen molar-refractivity contribution < 1.29 is 0 Å². The molecule has 0 bridgehead atoms. The highest BCUT2D eigenvalue weighted by molar-refractivity contribution is 6.35. The largest absolute Gasteiger partial charge is 0.328 e. The smallest absolute Gasteiger partial charge is 0.0465 e. The summed E-state index contributed by atoms with van der Waals surface area (Å²) < 4.78 is 0. The molecule has 4 heteroatoms. The van der Waals surface area contributed by atoms with Gasteiger partial charge in [-0.25, -0.2) is 0 Å². The van der Waals surface area contributed by atoms with Gasteiger partial charge in [-0.2, -0.15) is 0 Å². The second-order valence-corrected chi connectivity index (χ2v) is 4.88. The molecule has 0 aliphatic rings. The molecule has 0 spiro atoms. The van der Waals surface area contributed by atoms with Crippen molar-refractivity contribution in [3.63, 3.8) is 0 Å². The first-order valence-corrected chi connectivity index (χ1v) is 6.25. The molecule has 0 aliphatic carbocycles. The summed E-state index contributed by atoms with van der Waals surface area (Å²) in [7, 11) is 0. The average molecular weight is 261 g/mol. The van der Waals surface area contributed by atoms with Crippen LogP contribution in [-0.2, 0) is 6.54 Å². The van der Waals surface area contributed by atoms with Crippen molar-refractivity contribution in [3.8, 4) is 0 Å². The Morgan fingerprint density at radius 3 is 2.75 bits per heavy atom. The molecule has 0 saturated carbocycles. The lowest BCUT2D eigenvalue weighted by Crippen LogP contribution is -2.19. The van der Waals surface area contributed by atoms with E-state index in [4.69, 9.17) is 28.9 Å². The fraction of sp³-hybridized carbons (Fsp3) is 0.500. The van der Waals surface area contributed by atoms with Crippen molar-refractivity contribution in [2.75, 3.05) is 6.54 Å². The number of halogens is 2. The summed E-state index contributed by atoms with van der Waals surface area (Å²) in [4.78, 5) is 0. The zero-order chi connectivity index (χ0) is 12.0. The van der Waals surface area contributed by atoms with Crippen LogP contribution in [0.4, 0.5) is 0 Å². The minimum atomic E-state index is 0.279. The molecule has 1 unspecified atom stereocenters. The molecule has 1 rings (SSSR count). The van der Waals surface area contributed by atoms with Crippen LogP contribution in [0.2, 0.25) is 10.0 Å². The fourth-order valence-electron chi connectivity index (χ4n) is 1.44. The van der Waals surface area contributed by atoms with Gasteiger partial charge in [-0.15, -0.1) is 0 Å². The average Bonchev–Trinajstić information content (AvgIpc) is 2.20. The summed E-state index contributed by atoms with van der Waals surface area (Å²) in [5, 5.41) is 4.72. The Hall–Kier alpha value is -0.280. The van der Waals surface area contributed by atoms with Gasteiger partial charge in [-0.05, 0) is 44.0 Å². The minimum Gasteiger partial charge on any atom is -0.328 e. The molecular weight excluding hydrogens is 243 g/mol. The SMILES string of the molecule is CC(N)CCCNCc1ccc(Cl)cc1Cl. The maximum Gasteiger partial charge on any atom is 0.0465 e. The number of hydrogen-bond donors (Lipinski definition) is 2. The predicted molar refractivity (Wildman–Crippen MR) is 71.1 cm³/mol. The molecule has 1 aromatic rings. The van der Waals surface area contributed by atoms with E-state index in [0.29, 0.717) is 10.0 Å². The lowest BCUT2D eigenvalue weighted by molar-refractivity contribution is 0.574. The Morgan fingerprint density at radius 2 is 2.12 bits per heavy atom. The van der Waals surface area contributed by atoms with E-state index in [9.17, 15) is 0 Å². The molecule has 90 valence electrons. The van der Waals surface area contributed by atoms with E-state index in [2.05, 4.69) is 5.32 Å². The van der Waals surface area contributed by atoms with E-state index < -0.39 is 0 Å². The second-order valence-electron chi connectivity index (χ2n) is 4.03. The van der Waals surface area contributed by atoms with Gasteiger partial charge in [0.25, 0.3) is 0 Å². The maximum absolute atomic E-state index is 6.05. The summed E-state index contributed by atoms with van der Waals surface area (Å²) in [5.74, 6) is 0. The van der Waals surface area contributed by atoms with E-state index in [1.54, 1.807) is 6.07 Å². The minimum absolute atomic E-state index is 0.279. The first kappa shape index (κ1) is 13.8. The predicted octanol–water partition coefficient (Wildman–Crippen LogP) is 3.21. The molecule has 0 radical (unpaired) electrons. The van der Waals surface area contributed by atoms with Crippen LogP contribution >= 0.6 is 23.2 Å². The second kappa shape index (κ2) is 7.13. The first-order valence-electron chi connectivity index (χ1n) is 5.50. The van der Waals surface area contributed by atoms with Gasteiger partial charge in [-0.3, -0.25) is 0 Å². The lowest BCUT2D eigenvalue weighted by atomic mass is 10.2. The summed E-state index contributed by atoms with van der Waals surface area (Å²) in [6.45, 7) is 3.76. The standard InChI is InChI=1S/C12H18Cl2N2/c1-9(15)3-2-6-16-8-10-4-5-11(13)7-12(10)14/h4-5,7,9,16H,2-3,6,8,15H2,1H3. The molecule has 0 aliphatic heterocycles. The van der Waals surface area contributed by atoms with Gasteiger partial charge in [-0.1, -0.05) is 29.3 Å². The Labute approximate surface area is 107 Å². The highest BCUT2D eigenvalue weighted by Gasteiger charge is 2.00. The van der Waals surface area contributed by atoms with Crippen LogP contribution in [-0.4, -0.2) is 12.6 Å². The van der Waals surface area contributed by atoms with Crippen LogP contribution in [0.3, 0.4) is 0 Å². The van der Waals surface area contributed by atoms with Crippen LogP contribution in [0, 0.1) is 0 Å². The summed E-state index contributed by atoms with van der Waals surface area (Å²) in [6.07, 6.45) is 2.13. The van der Waals surface area contributed by atoms with Crippen LogP contribution in [0.5, 0.6) is 0 Å². The monoisotopic (exact) mass is 260 g/mol. The first-order chi connectivity index (χ1) is 7.59. The maximum atomic E-state index is 6.05. The van der Waals surface area contributed by atoms with E-state index >= 15 is 0 Å². The molecule has 0 aromatic heterocycles. The van der Waals surface area contributed by atoms with Crippen molar-refractivity contribution in [3.05, 3.63) is 33.8 Å². The number of benzene rings is 1. The number of nitrogens with two attached hydrogens (primary N) is 1. The van der Waals surface area contributed by atoms with Crippen LogP contribution in [0.15, 0.2) is 18.2 Å². The van der Waals surface area contributed by atoms with Gasteiger partial charge in [0.2, 0.25) is 0 Å². The third-order valence-electron chi connectivity index (χ3n) is 2.34. The van der Waals surface area contributed by atoms with Gasteiger partial charge >= 0.3 is 0 Å². The highest BCUT2D eigenvalue weighted by atomic mass is 35.5. The topological polar surface area (TPSA) is 38.0 Å². The highest BCUT2D eigenvalue weighted by Crippen LogP contribution is 2.20. The van der Waals surface area contributed by atoms with Crippen molar-refractivity contribution >= 4 is 23.2 Å². The zero-order valence-electron chi connectivity index (χ0n) is 9.47. The molecular formula is C12H18Cl2N2. The van der Waals surface area contributed by atoms with E-state index in [-0.39, 0.29) is 6.04 Å². The van der Waals surface area contributed by atoms with Crippen molar-refractivity contribution in [1.82, 2.24) is 5.32 Å². The Balaban J connectivity index is 2.27. The quantitative estimate of drug-likeness (QED) is 0.772. The molecule has 16 heavy (non-hydrogen) atoms. The third kappa shape index (κ3) is 5.17. The van der Waals surface area contributed by atoms with Crippen LogP contribution in [0.25, 0.3) is 0 Å². The molecule has 0 amide bonds. The Bertz CT molecular complexity index is 327. The Kier molecular flexibility index (Phi) is 6.14. The molecule has 1 aromatic carbocycles. The van der Waals surface area contributed by atoms with Crippen LogP contribution < -0.4 is 11.1 Å². The number of nitrogens with one attached hydrogen (secondary N) is 1. The van der Waals surface area contributed by atoms with Crippen molar-refractivity contribution in [2.45, 2.75) is 32.4 Å². The van der Waals surface area contributed by atoms with Gasteiger partial charge in [0.1, 0.15) is 0 Å². The molecule has 0 saturated heterocycles. The zero-order valence-corrected chi connectivity index (χ0v) is 11.0.